The molecule has 0 spiro atoms. The summed E-state index contributed by atoms with van der Waals surface area (Å²) in [5.74, 6) is 1.86. The molecule has 1 aliphatic rings. The highest BCUT2D eigenvalue weighted by molar-refractivity contribution is 5.36. The van der Waals surface area contributed by atoms with Crippen molar-refractivity contribution in [3.63, 3.8) is 0 Å². The molecular weight excluding hydrogens is 284 g/mol. The van der Waals surface area contributed by atoms with Crippen LogP contribution in [0.15, 0.2) is 48.5 Å². The average Bonchev–Trinajstić information content (AvgIpc) is 2.63. The summed E-state index contributed by atoms with van der Waals surface area (Å²) in [6.07, 6.45) is 7.64. The Hall–Kier alpha value is -1.96. The van der Waals surface area contributed by atoms with E-state index in [-0.39, 0.29) is 5.41 Å². The van der Waals surface area contributed by atoms with E-state index in [0.29, 0.717) is 0 Å². The third-order valence-electron chi connectivity index (χ3n) is 5.21. The van der Waals surface area contributed by atoms with Crippen molar-refractivity contribution in [3.8, 4) is 11.5 Å². The average molecular weight is 310 g/mol. The van der Waals surface area contributed by atoms with Crippen molar-refractivity contribution in [1.82, 2.24) is 0 Å². The number of hydrogen-bond donors (Lipinski definition) is 0. The molecule has 2 aromatic carbocycles. The molecule has 23 heavy (non-hydrogen) atoms. The Morgan fingerprint density at radius 1 is 0.739 bits per heavy atom. The van der Waals surface area contributed by atoms with E-state index in [2.05, 4.69) is 48.5 Å². The lowest BCUT2D eigenvalue weighted by Crippen LogP contribution is -2.31. The maximum absolute atomic E-state index is 5.32. The van der Waals surface area contributed by atoms with Crippen LogP contribution in [0.5, 0.6) is 11.5 Å². The first-order valence-electron chi connectivity index (χ1n) is 8.53. The largest absolute Gasteiger partial charge is 0.497 e. The molecule has 2 heteroatoms. The van der Waals surface area contributed by atoms with Gasteiger partial charge in [0.25, 0.3) is 0 Å². The van der Waals surface area contributed by atoms with Gasteiger partial charge in [0.2, 0.25) is 0 Å². The summed E-state index contributed by atoms with van der Waals surface area (Å²) in [6, 6.07) is 17.3. The van der Waals surface area contributed by atoms with Crippen molar-refractivity contribution in [1.29, 1.82) is 0 Å². The van der Waals surface area contributed by atoms with Gasteiger partial charge in [-0.2, -0.15) is 0 Å². The van der Waals surface area contributed by atoms with E-state index in [1.165, 1.54) is 43.2 Å². The van der Waals surface area contributed by atoms with E-state index in [9.17, 15) is 0 Å². The van der Waals surface area contributed by atoms with Crippen molar-refractivity contribution < 1.29 is 9.47 Å². The van der Waals surface area contributed by atoms with Crippen LogP contribution in [0, 0.1) is 0 Å². The third kappa shape index (κ3) is 3.52. The van der Waals surface area contributed by atoms with Crippen LogP contribution in [0.25, 0.3) is 0 Å². The van der Waals surface area contributed by atoms with Crippen LogP contribution in [0.4, 0.5) is 0 Å². The maximum Gasteiger partial charge on any atom is 0.118 e. The van der Waals surface area contributed by atoms with Gasteiger partial charge in [0, 0.05) is 0 Å². The second-order valence-corrected chi connectivity index (χ2v) is 6.59. The highest BCUT2D eigenvalue weighted by Crippen LogP contribution is 2.42. The summed E-state index contributed by atoms with van der Waals surface area (Å²) in [7, 11) is 3.44. The van der Waals surface area contributed by atoms with Gasteiger partial charge in [-0.1, -0.05) is 43.5 Å². The number of rotatable bonds is 5. The molecule has 0 aromatic heterocycles. The lowest BCUT2D eigenvalue weighted by molar-refractivity contribution is 0.290. The van der Waals surface area contributed by atoms with E-state index < -0.39 is 0 Å². The minimum absolute atomic E-state index is 0.263. The molecule has 0 atom stereocenters. The summed E-state index contributed by atoms with van der Waals surface area (Å²) in [5.41, 5.74) is 3.11. The van der Waals surface area contributed by atoms with Crippen LogP contribution in [0.2, 0.25) is 0 Å². The molecule has 2 aromatic rings. The zero-order chi connectivity index (χ0) is 16.1. The second-order valence-electron chi connectivity index (χ2n) is 6.59. The molecule has 0 aliphatic heterocycles. The Balaban J connectivity index is 1.88. The van der Waals surface area contributed by atoms with Crippen LogP contribution in [0.1, 0.15) is 43.2 Å². The number of hydrogen-bond acceptors (Lipinski definition) is 2. The molecule has 0 saturated heterocycles. The van der Waals surface area contributed by atoms with Gasteiger partial charge in [-0.3, -0.25) is 0 Å². The molecule has 122 valence electrons. The Morgan fingerprint density at radius 2 is 1.26 bits per heavy atom. The fourth-order valence-corrected chi connectivity index (χ4v) is 3.87. The van der Waals surface area contributed by atoms with E-state index in [1.807, 2.05) is 0 Å². The molecule has 0 heterocycles. The first kappa shape index (κ1) is 15.9. The fraction of sp³-hybridized carbons (Fsp3) is 0.429. The van der Waals surface area contributed by atoms with Gasteiger partial charge in [-0.05, 0) is 60.1 Å². The topological polar surface area (TPSA) is 18.5 Å². The molecule has 0 N–H and O–H groups in total. The monoisotopic (exact) mass is 310 g/mol. The van der Waals surface area contributed by atoms with Crippen LogP contribution < -0.4 is 9.47 Å². The molecule has 0 amide bonds. The molecule has 0 bridgehead atoms. The SMILES string of the molecule is COc1ccc(CC2(c3ccc(OC)cc3)CCCCC2)cc1. The van der Waals surface area contributed by atoms with Crippen molar-refractivity contribution in [2.45, 2.75) is 43.9 Å². The van der Waals surface area contributed by atoms with Gasteiger partial charge < -0.3 is 9.47 Å². The molecule has 0 unspecified atom stereocenters. The Morgan fingerprint density at radius 3 is 1.78 bits per heavy atom. The zero-order valence-electron chi connectivity index (χ0n) is 14.2. The molecular formula is C21H26O2. The predicted molar refractivity (Wildman–Crippen MR) is 94.5 cm³/mol. The van der Waals surface area contributed by atoms with Gasteiger partial charge in [0.1, 0.15) is 11.5 Å². The third-order valence-corrected chi connectivity index (χ3v) is 5.21. The van der Waals surface area contributed by atoms with Gasteiger partial charge in [-0.15, -0.1) is 0 Å². The highest BCUT2D eigenvalue weighted by atomic mass is 16.5. The lowest BCUT2D eigenvalue weighted by Gasteiger charge is -2.38. The first-order valence-corrected chi connectivity index (χ1v) is 8.53. The molecule has 1 fully saturated rings. The molecule has 3 rings (SSSR count). The van der Waals surface area contributed by atoms with Crippen LogP contribution in [0.3, 0.4) is 0 Å². The Labute approximate surface area is 139 Å². The second kappa shape index (κ2) is 7.08. The quantitative estimate of drug-likeness (QED) is 0.760. The van der Waals surface area contributed by atoms with Crippen LogP contribution in [-0.4, -0.2) is 14.2 Å². The van der Waals surface area contributed by atoms with E-state index in [4.69, 9.17) is 9.47 Å². The molecule has 0 radical (unpaired) electrons. The van der Waals surface area contributed by atoms with Crippen molar-refractivity contribution in [3.05, 3.63) is 59.7 Å². The summed E-state index contributed by atoms with van der Waals surface area (Å²) < 4.78 is 10.6. The van der Waals surface area contributed by atoms with Crippen LogP contribution in [-0.2, 0) is 11.8 Å². The number of methoxy groups -OCH3 is 2. The first-order chi connectivity index (χ1) is 11.3. The predicted octanol–water partition coefficient (Wildman–Crippen LogP) is 5.15. The lowest BCUT2D eigenvalue weighted by atomic mass is 9.66. The number of ether oxygens (including phenoxy) is 2. The van der Waals surface area contributed by atoms with E-state index in [0.717, 1.165) is 17.9 Å². The highest BCUT2D eigenvalue weighted by Gasteiger charge is 2.34. The zero-order valence-corrected chi connectivity index (χ0v) is 14.2. The molecule has 2 nitrogen and oxygen atoms in total. The van der Waals surface area contributed by atoms with Gasteiger partial charge in [0.15, 0.2) is 0 Å². The minimum Gasteiger partial charge on any atom is -0.497 e. The normalized spacial score (nSPS) is 16.8. The van der Waals surface area contributed by atoms with Gasteiger partial charge in [0.05, 0.1) is 14.2 Å². The van der Waals surface area contributed by atoms with Gasteiger partial charge in [-0.25, -0.2) is 0 Å². The number of benzene rings is 2. The van der Waals surface area contributed by atoms with Crippen LogP contribution >= 0.6 is 0 Å². The maximum atomic E-state index is 5.32. The Kier molecular flexibility index (Phi) is 4.90. The van der Waals surface area contributed by atoms with Crippen molar-refractivity contribution in [2.75, 3.05) is 14.2 Å². The fourth-order valence-electron chi connectivity index (χ4n) is 3.87. The van der Waals surface area contributed by atoms with Gasteiger partial charge >= 0.3 is 0 Å². The molecule has 1 aliphatic carbocycles. The summed E-state index contributed by atoms with van der Waals surface area (Å²) in [6.45, 7) is 0. The van der Waals surface area contributed by atoms with E-state index >= 15 is 0 Å². The van der Waals surface area contributed by atoms with Crippen molar-refractivity contribution >= 4 is 0 Å². The Bertz CT molecular complexity index is 607. The van der Waals surface area contributed by atoms with E-state index in [1.54, 1.807) is 14.2 Å². The summed E-state index contributed by atoms with van der Waals surface area (Å²) in [5, 5.41) is 0. The summed E-state index contributed by atoms with van der Waals surface area (Å²) in [4.78, 5) is 0. The smallest absolute Gasteiger partial charge is 0.118 e. The minimum atomic E-state index is 0.263. The molecule has 1 saturated carbocycles. The summed E-state index contributed by atoms with van der Waals surface area (Å²) >= 11 is 0. The standard InChI is InChI=1S/C21H26O2/c1-22-19-10-6-17(7-11-19)16-21(14-4-3-5-15-21)18-8-12-20(23-2)13-9-18/h6-13H,3-5,14-16H2,1-2H3. The van der Waals surface area contributed by atoms with Crippen molar-refractivity contribution in [2.24, 2.45) is 0 Å².